The van der Waals surface area contributed by atoms with Crippen molar-refractivity contribution in [1.29, 1.82) is 0 Å². The normalized spacial score (nSPS) is 13.9. The summed E-state index contributed by atoms with van der Waals surface area (Å²) in [5.41, 5.74) is 3.52. The van der Waals surface area contributed by atoms with E-state index in [0.717, 1.165) is 16.8 Å². The lowest BCUT2D eigenvalue weighted by molar-refractivity contribution is -0.113. The molecule has 1 aliphatic heterocycles. The van der Waals surface area contributed by atoms with Crippen LogP contribution in [-0.2, 0) is 26.1 Å². The molecule has 1 saturated heterocycles. The van der Waals surface area contributed by atoms with E-state index in [2.05, 4.69) is 20.8 Å². The molecule has 3 aromatic carbocycles. The summed E-state index contributed by atoms with van der Waals surface area (Å²) in [4.78, 5) is 25.8. The molecule has 2 amide bonds. The van der Waals surface area contributed by atoms with Crippen molar-refractivity contribution in [3.05, 3.63) is 95.1 Å². The number of nitrogens with zero attached hydrogens (tertiary/aromatic N) is 4. The van der Waals surface area contributed by atoms with E-state index in [1.807, 2.05) is 32.0 Å². The zero-order valence-corrected chi connectivity index (χ0v) is 25.8. The van der Waals surface area contributed by atoms with Crippen LogP contribution in [0.2, 0.25) is 0 Å². The maximum Gasteiger partial charge on any atom is 0.251 e. The highest BCUT2D eigenvalue weighted by Gasteiger charge is 2.26. The van der Waals surface area contributed by atoms with Gasteiger partial charge in [-0.1, -0.05) is 23.9 Å². The molecule has 0 unspecified atom stereocenters. The second-order valence-corrected chi connectivity index (χ2v) is 13.0. The van der Waals surface area contributed by atoms with Gasteiger partial charge in [-0.25, -0.2) is 12.8 Å². The maximum absolute atomic E-state index is 13.2. The van der Waals surface area contributed by atoms with Crippen LogP contribution < -0.4 is 10.6 Å². The van der Waals surface area contributed by atoms with Gasteiger partial charge in [0, 0.05) is 24.3 Å². The van der Waals surface area contributed by atoms with E-state index in [0.29, 0.717) is 29.9 Å². The quantitative estimate of drug-likeness (QED) is 0.251. The molecule has 11 nitrogen and oxygen atoms in total. The van der Waals surface area contributed by atoms with E-state index >= 15 is 0 Å². The molecule has 1 aromatic heterocycles. The summed E-state index contributed by atoms with van der Waals surface area (Å²) in [6.45, 7) is 5.18. The summed E-state index contributed by atoms with van der Waals surface area (Å²) in [6, 6.07) is 17.2. The number of carbonyl (C=O) groups excluding carboxylic acids is 2. The molecule has 0 spiro atoms. The topological polar surface area (TPSA) is 136 Å². The Morgan fingerprint density at radius 3 is 2.39 bits per heavy atom. The maximum atomic E-state index is 13.2. The Kier molecular flexibility index (Phi) is 9.74. The number of ether oxygens (including phenoxy) is 1. The van der Waals surface area contributed by atoms with Crippen LogP contribution in [0.5, 0.6) is 0 Å². The summed E-state index contributed by atoms with van der Waals surface area (Å²) < 4.78 is 47.5. The van der Waals surface area contributed by atoms with Gasteiger partial charge in [0.1, 0.15) is 5.82 Å². The number of halogens is 1. The molecule has 2 heterocycles. The second-order valence-electron chi connectivity index (χ2n) is 10.1. The van der Waals surface area contributed by atoms with Crippen molar-refractivity contribution in [2.45, 2.75) is 30.4 Å². The van der Waals surface area contributed by atoms with Crippen LogP contribution in [-0.4, -0.2) is 71.4 Å². The number of sulfonamides is 1. The van der Waals surface area contributed by atoms with E-state index in [9.17, 15) is 22.4 Å². The molecule has 44 heavy (non-hydrogen) atoms. The Bertz CT molecular complexity index is 1760. The van der Waals surface area contributed by atoms with Crippen molar-refractivity contribution in [1.82, 2.24) is 24.4 Å². The number of benzene rings is 3. The van der Waals surface area contributed by atoms with E-state index in [4.69, 9.17) is 4.74 Å². The second kappa shape index (κ2) is 13.7. The highest BCUT2D eigenvalue weighted by atomic mass is 32.2. The van der Waals surface area contributed by atoms with Crippen molar-refractivity contribution >= 4 is 39.3 Å². The highest BCUT2D eigenvalue weighted by molar-refractivity contribution is 7.99. The summed E-state index contributed by atoms with van der Waals surface area (Å²) in [5, 5.41) is 14.6. The first kappa shape index (κ1) is 31.3. The summed E-state index contributed by atoms with van der Waals surface area (Å²) in [5.74, 6) is -0.644. The zero-order chi connectivity index (χ0) is 31.3. The molecule has 0 bridgehead atoms. The number of thioether (sulfide) groups is 1. The molecular weight excluding hydrogens is 607 g/mol. The van der Waals surface area contributed by atoms with Gasteiger partial charge in [0.25, 0.3) is 5.91 Å². The number of aryl methyl sites for hydroxylation is 2. The number of nitrogens with one attached hydrogen (secondary N) is 2. The molecule has 4 aromatic rings. The molecule has 1 fully saturated rings. The minimum absolute atomic E-state index is 0.0203. The number of amides is 2. The third-order valence-electron chi connectivity index (χ3n) is 6.90. The van der Waals surface area contributed by atoms with Crippen LogP contribution in [0.4, 0.5) is 10.1 Å². The Morgan fingerprint density at radius 1 is 0.977 bits per heavy atom. The van der Waals surface area contributed by atoms with Gasteiger partial charge in [-0.3, -0.25) is 14.2 Å². The predicted molar refractivity (Wildman–Crippen MR) is 164 cm³/mol. The first-order valence-electron chi connectivity index (χ1n) is 13.8. The fourth-order valence-corrected chi connectivity index (χ4v) is 6.72. The van der Waals surface area contributed by atoms with E-state index in [1.54, 1.807) is 4.57 Å². The number of aromatic nitrogens is 3. The average molecular weight is 639 g/mol. The van der Waals surface area contributed by atoms with Gasteiger partial charge in [-0.2, -0.15) is 4.31 Å². The largest absolute Gasteiger partial charge is 0.379 e. The monoisotopic (exact) mass is 638 g/mol. The number of anilines is 1. The molecule has 14 heteroatoms. The first-order chi connectivity index (χ1) is 21.1. The van der Waals surface area contributed by atoms with Crippen LogP contribution >= 0.6 is 11.8 Å². The molecule has 230 valence electrons. The highest BCUT2D eigenvalue weighted by Crippen LogP contribution is 2.26. The fraction of sp³-hybridized carbons (Fsp3) is 0.267. The van der Waals surface area contributed by atoms with Gasteiger partial charge in [0.2, 0.25) is 15.9 Å². The Morgan fingerprint density at radius 2 is 1.68 bits per heavy atom. The Hall–Kier alpha value is -4.11. The lowest BCUT2D eigenvalue weighted by Gasteiger charge is -2.26. The van der Waals surface area contributed by atoms with E-state index in [1.165, 1.54) is 64.6 Å². The number of morpholine rings is 1. The van der Waals surface area contributed by atoms with Crippen molar-refractivity contribution in [2.24, 2.45) is 0 Å². The number of hydrogen-bond acceptors (Lipinski definition) is 8. The summed E-state index contributed by atoms with van der Waals surface area (Å²) in [6.07, 6.45) is 0. The zero-order valence-electron chi connectivity index (χ0n) is 24.1. The van der Waals surface area contributed by atoms with Gasteiger partial charge in [-0.15, -0.1) is 10.2 Å². The van der Waals surface area contributed by atoms with Crippen molar-refractivity contribution < 1.29 is 27.1 Å². The van der Waals surface area contributed by atoms with Crippen LogP contribution in [0, 0.1) is 19.7 Å². The first-order valence-corrected chi connectivity index (χ1v) is 16.2. The van der Waals surface area contributed by atoms with E-state index in [-0.39, 0.29) is 41.8 Å². The smallest absolute Gasteiger partial charge is 0.251 e. The molecule has 2 N–H and O–H groups in total. The average Bonchev–Trinajstić information content (AvgIpc) is 3.44. The number of rotatable bonds is 10. The SMILES string of the molecule is Cc1ccc(C)c(-n2c(CNC(=O)c3ccc(S(=O)(=O)N4CCOCC4)cc3)nnc2SCC(=O)Nc2ccc(F)cc2)c1. The third kappa shape index (κ3) is 7.33. The summed E-state index contributed by atoms with van der Waals surface area (Å²) >= 11 is 1.18. The molecule has 0 saturated carbocycles. The molecule has 0 aliphatic carbocycles. The van der Waals surface area contributed by atoms with Crippen molar-refractivity contribution in [2.75, 3.05) is 37.4 Å². The molecule has 1 aliphatic rings. The number of hydrogen-bond donors (Lipinski definition) is 2. The predicted octanol–water partition coefficient (Wildman–Crippen LogP) is 3.70. The van der Waals surface area contributed by atoms with Gasteiger partial charge in [0.05, 0.1) is 36.1 Å². The minimum Gasteiger partial charge on any atom is -0.379 e. The summed E-state index contributed by atoms with van der Waals surface area (Å²) in [7, 11) is -3.68. The van der Waals surface area contributed by atoms with Gasteiger partial charge < -0.3 is 15.4 Å². The van der Waals surface area contributed by atoms with Crippen LogP contribution in [0.25, 0.3) is 5.69 Å². The Labute approximate surface area is 258 Å². The molecule has 0 radical (unpaired) electrons. The van der Waals surface area contributed by atoms with Gasteiger partial charge in [-0.05, 0) is 79.6 Å². The minimum atomic E-state index is -3.68. The molecule has 5 rings (SSSR count). The third-order valence-corrected chi connectivity index (χ3v) is 9.74. The Balaban J connectivity index is 1.30. The van der Waals surface area contributed by atoms with Gasteiger partial charge in [0.15, 0.2) is 11.0 Å². The van der Waals surface area contributed by atoms with Crippen molar-refractivity contribution in [3.8, 4) is 5.69 Å². The van der Waals surface area contributed by atoms with Crippen LogP contribution in [0.1, 0.15) is 27.3 Å². The lowest BCUT2D eigenvalue weighted by atomic mass is 10.1. The standard InChI is InChI=1S/C30H31FN6O5S2/c1-20-3-4-21(2)26(17-20)37-27(34-35-30(37)43-19-28(38)33-24-9-7-23(31)8-10-24)18-32-29(39)22-5-11-25(12-6-22)44(40,41)36-13-15-42-16-14-36/h3-12,17H,13-16,18-19H2,1-2H3,(H,32,39)(H,33,38). The fourth-order valence-electron chi connectivity index (χ4n) is 4.55. The lowest BCUT2D eigenvalue weighted by Crippen LogP contribution is -2.40. The van der Waals surface area contributed by atoms with Crippen LogP contribution in [0.15, 0.2) is 76.8 Å². The molecular formula is C30H31FN6O5S2. The number of carbonyl (C=O) groups is 2. The van der Waals surface area contributed by atoms with Crippen LogP contribution in [0.3, 0.4) is 0 Å². The van der Waals surface area contributed by atoms with Gasteiger partial charge >= 0.3 is 0 Å². The van der Waals surface area contributed by atoms with E-state index < -0.39 is 21.7 Å². The molecule has 0 atom stereocenters. The van der Waals surface area contributed by atoms with Crippen molar-refractivity contribution in [3.63, 3.8) is 0 Å².